The lowest BCUT2D eigenvalue weighted by Crippen LogP contribution is -2.09. The van der Waals surface area contributed by atoms with Gasteiger partial charge in [-0.05, 0) is 29.8 Å². The van der Waals surface area contributed by atoms with Crippen molar-refractivity contribution in [1.82, 2.24) is 9.78 Å². The van der Waals surface area contributed by atoms with E-state index in [0.717, 1.165) is 5.56 Å². The zero-order chi connectivity index (χ0) is 16.2. The Morgan fingerprint density at radius 2 is 1.74 bits per heavy atom. The van der Waals surface area contributed by atoms with E-state index in [1.54, 1.807) is 24.3 Å². The van der Waals surface area contributed by atoms with Gasteiger partial charge in [-0.25, -0.2) is 4.68 Å². The average molecular weight is 304 g/mol. The molecule has 114 valence electrons. The van der Waals surface area contributed by atoms with Crippen LogP contribution in [0, 0.1) is 0 Å². The molecule has 4 heteroatoms. The fraction of sp³-hybridized carbons (Fsp3) is 0.0526. The Balaban J connectivity index is 2.02. The predicted octanol–water partition coefficient (Wildman–Crippen LogP) is 4.09. The minimum atomic E-state index is -0.181. The van der Waals surface area contributed by atoms with Crippen LogP contribution in [0.2, 0.25) is 0 Å². The first-order valence-corrected chi connectivity index (χ1v) is 7.27. The fourth-order valence-corrected chi connectivity index (χ4v) is 2.33. The van der Waals surface area contributed by atoms with Gasteiger partial charge in [0.05, 0.1) is 11.4 Å². The van der Waals surface area contributed by atoms with Crippen molar-refractivity contribution in [2.75, 3.05) is 0 Å². The van der Waals surface area contributed by atoms with Crippen LogP contribution >= 0.6 is 0 Å². The lowest BCUT2D eigenvalue weighted by molar-refractivity contribution is 0.0920. The molecule has 0 aliphatic carbocycles. The number of aromatic hydroxyl groups is 1. The Hall–Kier alpha value is -3.14. The minimum absolute atomic E-state index is 0.138. The number of nitrogens with zero attached hydrogens (tertiary/aromatic N) is 2. The second kappa shape index (κ2) is 6.32. The number of para-hydroxylation sites is 1. The molecule has 4 nitrogen and oxygen atoms in total. The SMILES string of the molecule is CC(=O)n1nc(-c2ccccc2O)cc1/C=C/c1ccccc1. The number of benzene rings is 2. The van der Waals surface area contributed by atoms with Crippen molar-refractivity contribution in [3.63, 3.8) is 0 Å². The Bertz CT molecular complexity index is 864. The van der Waals surface area contributed by atoms with Gasteiger partial charge in [-0.15, -0.1) is 0 Å². The molecule has 0 radical (unpaired) electrons. The number of phenols is 1. The Labute approximate surface area is 134 Å². The zero-order valence-corrected chi connectivity index (χ0v) is 12.7. The normalized spacial score (nSPS) is 11.0. The van der Waals surface area contributed by atoms with Gasteiger partial charge < -0.3 is 5.11 Å². The average Bonchev–Trinajstić information content (AvgIpc) is 2.99. The van der Waals surface area contributed by atoms with E-state index in [2.05, 4.69) is 5.10 Å². The maximum absolute atomic E-state index is 11.8. The summed E-state index contributed by atoms with van der Waals surface area (Å²) in [5, 5.41) is 14.3. The van der Waals surface area contributed by atoms with Crippen LogP contribution in [0.3, 0.4) is 0 Å². The molecule has 0 amide bonds. The van der Waals surface area contributed by atoms with Gasteiger partial charge in [-0.3, -0.25) is 4.79 Å². The molecule has 3 aromatic rings. The smallest absolute Gasteiger partial charge is 0.244 e. The summed E-state index contributed by atoms with van der Waals surface area (Å²) in [6, 6.07) is 18.5. The van der Waals surface area contributed by atoms with Crippen molar-refractivity contribution in [2.45, 2.75) is 6.92 Å². The molecule has 1 N–H and O–H groups in total. The van der Waals surface area contributed by atoms with E-state index in [4.69, 9.17) is 0 Å². The molecule has 2 aromatic carbocycles. The molecule has 0 fully saturated rings. The standard InChI is InChI=1S/C19H16N2O2/c1-14(22)21-16(12-11-15-7-3-2-4-8-15)13-18(20-21)17-9-5-6-10-19(17)23/h2-13,23H,1H3/b12-11+. The van der Waals surface area contributed by atoms with Gasteiger partial charge in [0, 0.05) is 12.5 Å². The first-order valence-electron chi connectivity index (χ1n) is 7.27. The third-order valence-electron chi connectivity index (χ3n) is 3.46. The highest BCUT2D eigenvalue weighted by Crippen LogP contribution is 2.28. The number of carbonyl (C=O) groups excluding carboxylic acids is 1. The van der Waals surface area contributed by atoms with Gasteiger partial charge in [-0.1, -0.05) is 48.5 Å². The molecule has 0 saturated heterocycles. The van der Waals surface area contributed by atoms with Crippen molar-refractivity contribution in [2.24, 2.45) is 0 Å². The van der Waals surface area contributed by atoms with Crippen LogP contribution in [0.15, 0.2) is 60.7 Å². The summed E-state index contributed by atoms with van der Waals surface area (Å²) in [6.45, 7) is 1.46. The minimum Gasteiger partial charge on any atom is -0.507 e. The third-order valence-corrected chi connectivity index (χ3v) is 3.46. The molecule has 23 heavy (non-hydrogen) atoms. The Morgan fingerprint density at radius 3 is 2.43 bits per heavy atom. The summed E-state index contributed by atoms with van der Waals surface area (Å²) in [5.41, 5.74) is 2.86. The molecule has 0 aliphatic rings. The monoisotopic (exact) mass is 304 g/mol. The lowest BCUT2D eigenvalue weighted by Gasteiger charge is -1.99. The third kappa shape index (κ3) is 3.21. The molecule has 1 aromatic heterocycles. The summed E-state index contributed by atoms with van der Waals surface area (Å²) in [5.74, 6) is -0.0429. The molecule has 0 bridgehead atoms. The molecule has 1 heterocycles. The summed E-state index contributed by atoms with van der Waals surface area (Å²) in [7, 11) is 0. The highest BCUT2D eigenvalue weighted by Gasteiger charge is 2.12. The number of carbonyl (C=O) groups is 1. The van der Waals surface area contributed by atoms with Gasteiger partial charge in [0.2, 0.25) is 5.91 Å². The van der Waals surface area contributed by atoms with Crippen molar-refractivity contribution >= 4 is 18.1 Å². The van der Waals surface area contributed by atoms with Crippen LogP contribution in [0.1, 0.15) is 23.0 Å². The second-order valence-electron chi connectivity index (χ2n) is 5.15. The Morgan fingerprint density at radius 1 is 1.04 bits per heavy atom. The topological polar surface area (TPSA) is 55.1 Å². The molecular formula is C19H16N2O2. The van der Waals surface area contributed by atoms with E-state index >= 15 is 0 Å². The zero-order valence-electron chi connectivity index (χ0n) is 12.7. The quantitative estimate of drug-likeness (QED) is 0.793. The van der Waals surface area contributed by atoms with Crippen LogP contribution in [0.5, 0.6) is 5.75 Å². The van der Waals surface area contributed by atoms with E-state index < -0.39 is 0 Å². The van der Waals surface area contributed by atoms with Gasteiger partial charge >= 0.3 is 0 Å². The highest BCUT2D eigenvalue weighted by molar-refractivity contribution is 5.82. The number of aromatic nitrogens is 2. The van der Waals surface area contributed by atoms with Gasteiger partial charge in [0.25, 0.3) is 0 Å². The van der Waals surface area contributed by atoms with Crippen molar-refractivity contribution < 1.29 is 9.90 Å². The van der Waals surface area contributed by atoms with Crippen LogP contribution < -0.4 is 0 Å². The van der Waals surface area contributed by atoms with E-state index in [0.29, 0.717) is 17.0 Å². The molecule has 0 unspecified atom stereocenters. The largest absolute Gasteiger partial charge is 0.507 e. The van der Waals surface area contributed by atoms with Crippen LogP contribution in [-0.4, -0.2) is 20.8 Å². The molecule has 0 aliphatic heterocycles. The van der Waals surface area contributed by atoms with E-state index in [1.165, 1.54) is 11.6 Å². The number of hydrogen-bond donors (Lipinski definition) is 1. The number of hydrogen-bond acceptors (Lipinski definition) is 3. The number of phenolic OH excluding ortho intramolecular Hbond substituents is 1. The van der Waals surface area contributed by atoms with Gasteiger partial charge in [0.1, 0.15) is 5.75 Å². The lowest BCUT2D eigenvalue weighted by atomic mass is 10.1. The first-order chi connectivity index (χ1) is 11.1. The van der Waals surface area contributed by atoms with E-state index in [1.807, 2.05) is 48.6 Å². The summed E-state index contributed by atoms with van der Waals surface area (Å²) >= 11 is 0. The molecule has 3 rings (SSSR count). The first kappa shape index (κ1) is 14.8. The summed E-state index contributed by atoms with van der Waals surface area (Å²) < 4.78 is 1.33. The molecule has 0 atom stereocenters. The van der Waals surface area contributed by atoms with Crippen molar-refractivity contribution in [3.05, 3.63) is 71.9 Å². The van der Waals surface area contributed by atoms with E-state index in [-0.39, 0.29) is 11.7 Å². The van der Waals surface area contributed by atoms with Crippen molar-refractivity contribution in [1.29, 1.82) is 0 Å². The maximum atomic E-state index is 11.8. The van der Waals surface area contributed by atoms with Gasteiger partial charge in [-0.2, -0.15) is 5.10 Å². The predicted molar refractivity (Wildman–Crippen MR) is 91.0 cm³/mol. The van der Waals surface area contributed by atoms with Crippen LogP contribution in [0.4, 0.5) is 0 Å². The summed E-state index contributed by atoms with van der Waals surface area (Å²) in [6.07, 6.45) is 3.76. The number of rotatable bonds is 3. The van der Waals surface area contributed by atoms with Gasteiger partial charge in [0.15, 0.2) is 0 Å². The second-order valence-corrected chi connectivity index (χ2v) is 5.15. The fourth-order valence-electron chi connectivity index (χ4n) is 2.33. The molecular weight excluding hydrogens is 288 g/mol. The van der Waals surface area contributed by atoms with Crippen molar-refractivity contribution in [3.8, 4) is 17.0 Å². The maximum Gasteiger partial charge on any atom is 0.244 e. The highest BCUT2D eigenvalue weighted by atomic mass is 16.3. The Kier molecular flexibility index (Phi) is 4.06. The molecule has 0 saturated carbocycles. The van der Waals surface area contributed by atoms with Crippen LogP contribution in [-0.2, 0) is 0 Å². The van der Waals surface area contributed by atoms with E-state index in [9.17, 15) is 9.90 Å². The summed E-state index contributed by atoms with van der Waals surface area (Å²) in [4.78, 5) is 11.8. The van der Waals surface area contributed by atoms with Crippen LogP contribution in [0.25, 0.3) is 23.4 Å². The molecule has 0 spiro atoms.